The molecule has 0 aromatic heterocycles. The van der Waals surface area contributed by atoms with Gasteiger partial charge in [0.2, 0.25) is 10.0 Å². The summed E-state index contributed by atoms with van der Waals surface area (Å²) in [4.78, 5) is 27.2. The fourth-order valence-electron chi connectivity index (χ4n) is 4.07. The summed E-state index contributed by atoms with van der Waals surface area (Å²) in [7, 11) is -3.84. The van der Waals surface area contributed by atoms with Crippen LogP contribution >= 0.6 is 0 Å². The van der Waals surface area contributed by atoms with Gasteiger partial charge in [-0.05, 0) is 56.7 Å². The molecule has 0 spiro atoms. The molecule has 1 aliphatic heterocycles. The van der Waals surface area contributed by atoms with E-state index in [0.29, 0.717) is 22.4 Å². The quantitative estimate of drug-likeness (QED) is 0.236. The van der Waals surface area contributed by atoms with Gasteiger partial charge in [-0.1, -0.05) is 36.4 Å². The zero-order chi connectivity index (χ0) is 27.0. The summed E-state index contributed by atoms with van der Waals surface area (Å²) in [6, 6.07) is 18.0. The molecule has 1 aliphatic rings. The Kier molecular flexibility index (Phi) is 6.90. The van der Waals surface area contributed by atoms with E-state index >= 15 is 0 Å². The molecule has 10 heteroatoms. The molecular weight excluding hydrogens is 492 g/mol. The van der Waals surface area contributed by atoms with Crippen LogP contribution in [0.15, 0.2) is 71.6 Å². The summed E-state index contributed by atoms with van der Waals surface area (Å²) in [6.07, 6.45) is 0. The molecule has 37 heavy (non-hydrogen) atoms. The van der Waals surface area contributed by atoms with Gasteiger partial charge >= 0.3 is 0 Å². The standard InChI is InChI=1S/C27H28N4O5S/c1-27(2,3)30-37(34,35)23-10-5-4-9-20(23)17-11-12-21-22(16-17)26(33)31(25(21)32)13-14-36-19-8-6-7-18(15-19)24(28)29/h4-12,15-16,30H,13-14H2,1-3H3,(H3,28,29). The van der Waals surface area contributed by atoms with Crippen LogP contribution in [0, 0.1) is 5.41 Å². The summed E-state index contributed by atoms with van der Waals surface area (Å²) >= 11 is 0. The van der Waals surface area contributed by atoms with Gasteiger partial charge in [-0.25, -0.2) is 13.1 Å². The number of benzene rings is 3. The second-order valence-corrected chi connectivity index (χ2v) is 11.3. The van der Waals surface area contributed by atoms with E-state index in [4.69, 9.17) is 15.9 Å². The van der Waals surface area contributed by atoms with Crippen LogP contribution in [0.1, 0.15) is 47.1 Å². The predicted molar refractivity (Wildman–Crippen MR) is 140 cm³/mol. The monoisotopic (exact) mass is 520 g/mol. The van der Waals surface area contributed by atoms with Crippen LogP contribution in [-0.2, 0) is 10.0 Å². The number of hydrogen-bond donors (Lipinski definition) is 3. The Bertz CT molecular complexity index is 1510. The highest BCUT2D eigenvalue weighted by atomic mass is 32.2. The molecule has 0 aliphatic carbocycles. The second kappa shape index (κ2) is 9.79. The normalized spacial score (nSPS) is 13.5. The average Bonchev–Trinajstić information content (AvgIpc) is 3.07. The van der Waals surface area contributed by atoms with Crippen LogP contribution in [0.4, 0.5) is 0 Å². The van der Waals surface area contributed by atoms with E-state index in [1.54, 1.807) is 81.4 Å². The molecule has 0 unspecified atom stereocenters. The number of nitrogens with one attached hydrogen (secondary N) is 2. The number of nitrogen functional groups attached to an aromatic ring is 1. The van der Waals surface area contributed by atoms with Crippen LogP contribution in [-0.4, -0.2) is 49.7 Å². The minimum absolute atomic E-state index is 0.0203. The van der Waals surface area contributed by atoms with Gasteiger partial charge in [0.25, 0.3) is 11.8 Å². The lowest BCUT2D eigenvalue weighted by Crippen LogP contribution is -2.40. The SMILES string of the molecule is CC(C)(C)NS(=O)(=O)c1ccccc1-c1ccc2c(c1)C(=O)N(CCOc1cccc(C(=N)N)c1)C2=O. The van der Waals surface area contributed by atoms with Crippen molar-refractivity contribution in [1.82, 2.24) is 9.62 Å². The third kappa shape index (κ3) is 5.55. The molecule has 2 amide bonds. The number of carbonyl (C=O) groups is 2. The van der Waals surface area contributed by atoms with Crippen LogP contribution < -0.4 is 15.2 Å². The Morgan fingerprint density at radius 2 is 1.65 bits per heavy atom. The number of amidine groups is 1. The zero-order valence-electron chi connectivity index (χ0n) is 20.7. The van der Waals surface area contributed by atoms with Gasteiger partial charge in [0.15, 0.2) is 0 Å². The van der Waals surface area contributed by atoms with Gasteiger partial charge in [0.05, 0.1) is 22.6 Å². The van der Waals surface area contributed by atoms with E-state index < -0.39 is 27.4 Å². The lowest BCUT2D eigenvalue weighted by Gasteiger charge is -2.21. The van der Waals surface area contributed by atoms with E-state index in [1.165, 1.54) is 6.07 Å². The van der Waals surface area contributed by atoms with Crippen LogP contribution in [0.3, 0.4) is 0 Å². The third-order valence-corrected chi connectivity index (χ3v) is 7.44. The maximum Gasteiger partial charge on any atom is 0.261 e. The Morgan fingerprint density at radius 3 is 2.35 bits per heavy atom. The van der Waals surface area contributed by atoms with E-state index in [9.17, 15) is 18.0 Å². The molecule has 192 valence electrons. The molecule has 4 N–H and O–H groups in total. The van der Waals surface area contributed by atoms with E-state index in [-0.39, 0.29) is 35.0 Å². The number of sulfonamides is 1. The summed E-state index contributed by atoms with van der Waals surface area (Å²) < 4.78 is 34.5. The van der Waals surface area contributed by atoms with Crippen LogP contribution in [0.25, 0.3) is 11.1 Å². The van der Waals surface area contributed by atoms with Gasteiger partial charge in [-0.3, -0.25) is 19.9 Å². The Morgan fingerprint density at radius 1 is 0.946 bits per heavy atom. The number of fused-ring (bicyclic) bond motifs is 1. The van der Waals surface area contributed by atoms with Crippen molar-refractivity contribution < 1.29 is 22.7 Å². The Balaban J connectivity index is 1.56. The van der Waals surface area contributed by atoms with Crippen molar-refractivity contribution in [1.29, 1.82) is 5.41 Å². The van der Waals surface area contributed by atoms with E-state index in [0.717, 1.165) is 4.90 Å². The number of nitrogens with two attached hydrogens (primary N) is 1. The molecule has 9 nitrogen and oxygen atoms in total. The van der Waals surface area contributed by atoms with E-state index in [2.05, 4.69) is 4.72 Å². The van der Waals surface area contributed by atoms with Crippen molar-refractivity contribution in [2.45, 2.75) is 31.2 Å². The van der Waals surface area contributed by atoms with Gasteiger partial charge in [0, 0.05) is 16.7 Å². The first-order valence-corrected chi connectivity index (χ1v) is 13.1. The molecular formula is C27H28N4O5S. The number of hydrogen-bond acceptors (Lipinski definition) is 6. The molecule has 0 atom stereocenters. The maximum atomic E-state index is 13.1. The summed E-state index contributed by atoms with van der Waals surface area (Å²) in [5, 5.41) is 7.53. The third-order valence-electron chi connectivity index (χ3n) is 5.63. The number of carbonyl (C=O) groups excluding carboxylic acids is 2. The average molecular weight is 521 g/mol. The van der Waals surface area contributed by atoms with Crippen LogP contribution in [0.2, 0.25) is 0 Å². The Labute approximate surface area is 215 Å². The fraction of sp³-hybridized carbons (Fsp3) is 0.222. The minimum Gasteiger partial charge on any atom is -0.492 e. The van der Waals surface area contributed by atoms with Gasteiger partial charge in [0.1, 0.15) is 18.2 Å². The molecule has 0 fully saturated rings. The first kappa shape index (κ1) is 26.1. The number of nitrogens with zero attached hydrogens (tertiary/aromatic N) is 1. The smallest absolute Gasteiger partial charge is 0.261 e. The summed E-state index contributed by atoms with van der Waals surface area (Å²) in [5.41, 5.74) is 6.72. The van der Waals surface area contributed by atoms with Crippen molar-refractivity contribution in [3.63, 3.8) is 0 Å². The minimum atomic E-state index is -3.84. The topological polar surface area (TPSA) is 143 Å². The first-order valence-electron chi connectivity index (χ1n) is 11.6. The maximum absolute atomic E-state index is 13.1. The molecule has 0 radical (unpaired) electrons. The highest BCUT2D eigenvalue weighted by Crippen LogP contribution is 2.32. The van der Waals surface area contributed by atoms with Crippen molar-refractivity contribution in [2.75, 3.05) is 13.2 Å². The summed E-state index contributed by atoms with van der Waals surface area (Å²) in [5.74, 6) is -0.544. The highest BCUT2D eigenvalue weighted by molar-refractivity contribution is 7.89. The van der Waals surface area contributed by atoms with Gasteiger partial charge in [-0.2, -0.15) is 0 Å². The number of rotatable bonds is 8. The lowest BCUT2D eigenvalue weighted by atomic mass is 10.0. The second-order valence-electron chi connectivity index (χ2n) is 9.66. The Hall–Kier alpha value is -4.02. The number of imide groups is 1. The molecule has 4 rings (SSSR count). The van der Waals surface area contributed by atoms with Crippen molar-refractivity contribution >= 4 is 27.7 Å². The highest BCUT2D eigenvalue weighted by Gasteiger charge is 2.36. The molecule has 0 saturated heterocycles. The van der Waals surface area contributed by atoms with Crippen molar-refractivity contribution in [3.05, 3.63) is 83.4 Å². The van der Waals surface area contributed by atoms with Gasteiger partial charge in [-0.15, -0.1) is 0 Å². The predicted octanol–water partition coefficient (Wildman–Crippen LogP) is 3.39. The number of ether oxygens (including phenoxy) is 1. The van der Waals surface area contributed by atoms with Crippen LogP contribution in [0.5, 0.6) is 5.75 Å². The van der Waals surface area contributed by atoms with E-state index in [1.807, 2.05) is 0 Å². The first-order chi connectivity index (χ1) is 17.4. The summed E-state index contributed by atoms with van der Waals surface area (Å²) in [6.45, 7) is 5.34. The van der Waals surface area contributed by atoms with Crippen molar-refractivity contribution in [3.8, 4) is 16.9 Å². The molecule has 0 bridgehead atoms. The largest absolute Gasteiger partial charge is 0.492 e. The van der Waals surface area contributed by atoms with Gasteiger partial charge < -0.3 is 10.5 Å². The molecule has 0 saturated carbocycles. The fourth-order valence-corrected chi connectivity index (χ4v) is 5.72. The number of amides is 2. The molecule has 3 aromatic carbocycles. The zero-order valence-corrected chi connectivity index (χ0v) is 21.6. The molecule has 3 aromatic rings. The molecule has 1 heterocycles. The van der Waals surface area contributed by atoms with Crippen molar-refractivity contribution in [2.24, 2.45) is 5.73 Å². The lowest BCUT2D eigenvalue weighted by molar-refractivity contribution is 0.0631.